The fourth-order valence-corrected chi connectivity index (χ4v) is 5.18. The molecule has 160 valence electrons. The van der Waals surface area contributed by atoms with Crippen LogP contribution in [0, 0.1) is 0 Å². The summed E-state index contributed by atoms with van der Waals surface area (Å²) in [6.07, 6.45) is 11.3. The maximum Gasteiger partial charge on any atom is 0.317 e. The van der Waals surface area contributed by atoms with E-state index in [1.807, 2.05) is 23.1 Å². The van der Waals surface area contributed by atoms with Gasteiger partial charge in [-0.3, -0.25) is 4.90 Å². The van der Waals surface area contributed by atoms with Crippen LogP contribution in [0.5, 0.6) is 0 Å². The predicted molar refractivity (Wildman–Crippen MR) is 116 cm³/mol. The number of ether oxygens (including phenoxy) is 1. The first-order valence-electron chi connectivity index (χ1n) is 11.7. The van der Waals surface area contributed by atoms with E-state index in [1.54, 1.807) is 0 Å². The van der Waals surface area contributed by atoms with E-state index in [0.717, 1.165) is 44.9 Å². The third-order valence-corrected chi connectivity index (χ3v) is 6.93. The third kappa shape index (κ3) is 5.95. The maximum atomic E-state index is 12.8. The van der Waals surface area contributed by atoms with Gasteiger partial charge in [-0.15, -0.1) is 0 Å². The summed E-state index contributed by atoms with van der Waals surface area (Å²) in [5.74, 6) is 0. The molecule has 2 aliphatic heterocycles. The number of benzene rings is 1. The summed E-state index contributed by atoms with van der Waals surface area (Å²) in [5.41, 5.74) is 1.22. The van der Waals surface area contributed by atoms with Crippen LogP contribution in [0.1, 0.15) is 63.4 Å². The van der Waals surface area contributed by atoms with Crippen molar-refractivity contribution in [3.05, 3.63) is 35.9 Å². The lowest BCUT2D eigenvalue weighted by Crippen LogP contribution is -2.55. The van der Waals surface area contributed by atoms with E-state index >= 15 is 0 Å². The molecule has 1 aromatic carbocycles. The van der Waals surface area contributed by atoms with Gasteiger partial charge in [-0.25, -0.2) is 4.79 Å². The number of amides is 2. The van der Waals surface area contributed by atoms with Crippen LogP contribution in [-0.4, -0.2) is 60.2 Å². The van der Waals surface area contributed by atoms with Crippen molar-refractivity contribution in [2.24, 2.45) is 0 Å². The Hall–Kier alpha value is -1.59. The minimum atomic E-state index is 0.127. The quantitative estimate of drug-likeness (QED) is 0.808. The first kappa shape index (κ1) is 20.7. The highest BCUT2D eigenvalue weighted by molar-refractivity contribution is 5.74. The largest absolute Gasteiger partial charge is 0.373 e. The molecular formula is C24H37N3O2. The first-order valence-corrected chi connectivity index (χ1v) is 11.7. The minimum Gasteiger partial charge on any atom is -0.373 e. The lowest BCUT2D eigenvalue weighted by Gasteiger charge is -2.41. The normalized spacial score (nSPS) is 25.1. The first-order chi connectivity index (χ1) is 14.3. The van der Waals surface area contributed by atoms with Crippen molar-refractivity contribution in [3.8, 4) is 0 Å². The number of nitrogens with one attached hydrogen (secondary N) is 1. The van der Waals surface area contributed by atoms with E-state index in [1.165, 1.54) is 50.6 Å². The van der Waals surface area contributed by atoms with Crippen LogP contribution >= 0.6 is 0 Å². The number of rotatable bonds is 5. The molecule has 4 rings (SSSR count). The molecular weight excluding hydrogens is 362 g/mol. The number of hydrogen-bond donors (Lipinski definition) is 1. The van der Waals surface area contributed by atoms with Crippen LogP contribution in [0.3, 0.4) is 0 Å². The molecule has 0 radical (unpaired) electrons. The Morgan fingerprint density at radius 3 is 2.45 bits per heavy atom. The molecule has 3 aliphatic rings. The summed E-state index contributed by atoms with van der Waals surface area (Å²) in [5, 5.41) is 3.33. The van der Waals surface area contributed by atoms with Gasteiger partial charge in [-0.05, 0) is 50.6 Å². The number of likely N-dealkylation sites (tertiary alicyclic amines) is 2. The molecule has 0 spiro atoms. The SMILES string of the molecule is O=C(NC1CCCN(C2CCCCC2)C1)N1CCC(OCc2ccccc2)CC1. The molecule has 2 amide bonds. The number of hydrogen-bond acceptors (Lipinski definition) is 3. The topological polar surface area (TPSA) is 44.8 Å². The highest BCUT2D eigenvalue weighted by Crippen LogP contribution is 2.25. The Morgan fingerprint density at radius 2 is 1.69 bits per heavy atom. The van der Waals surface area contributed by atoms with Gasteiger partial charge in [0, 0.05) is 31.7 Å². The molecule has 2 heterocycles. The highest BCUT2D eigenvalue weighted by atomic mass is 16.5. The molecule has 2 saturated heterocycles. The van der Waals surface area contributed by atoms with Crippen molar-refractivity contribution in [2.45, 2.75) is 82.6 Å². The van der Waals surface area contributed by atoms with Crippen molar-refractivity contribution < 1.29 is 9.53 Å². The molecule has 0 bridgehead atoms. The molecule has 1 aliphatic carbocycles. The van der Waals surface area contributed by atoms with Gasteiger partial charge in [0.05, 0.1) is 12.7 Å². The lowest BCUT2D eigenvalue weighted by molar-refractivity contribution is 0.00396. The standard InChI is InChI=1S/C24H37N3O2/c28-24(25-21-10-7-15-27(18-21)22-11-5-2-6-12-22)26-16-13-23(14-17-26)29-19-20-8-3-1-4-9-20/h1,3-4,8-9,21-23H,2,5-7,10-19H2,(H,25,28). The molecule has 1 unspecified atom stereocenters. The summed E-state index contributed by atoms with van der Waals surface area (Å²) in [6.45, 7) is 4.50. The van der Waals surface area contributed by atoms with Crippen LogP contribution in [0.4, 0.5) is 4.79 Å². The van der Waals surface area contributed by atoms with Crippen LogP contribution in [0.15, 0.2) is 30.3 Å². The van der Waals surface area contributed by atoms with E-state index in [4.69, 9.17) is 4.74 Å². The average molecular weight is 400 g/mol. The second-order valence-corrected chi connectivity index (χ2v) is 9.06. The van der Waals surface area contributed by atoms with E-state index in [0.29, 0.717) is 12.6 Å². The number of nitrogens with zero attached hydrogens (tertiary/aromatic N) is 2. The van der Waals surface area contributed by atoms with E-state index in [9.17, 15) is 4.79 Å². The summed E-state index contributed by atoms with van der Waals surface area (Å²) < 4.78 is 6.06. The molecule has 1 atom stereocenters. The Morgan fingerprint density at radius 1 is 0.931 bits per heavy atom. The van der Waals surface area contributed by atoms with Gasteiger partial charge >= 0.3 is 6.03 Å². The van der Waals surface area contributed by atoms with Crippen molar-refractivity contribution in [1.82, 2.24) is 15.1 Å². The van der Waals surface area contributed by atoms with Gasteiger partial charge in [-0.2, -0.15) is 0 Å². The average Bonchev–Trinajstić information content (AvgIpc) is 2.79. The van der Waals surface area contributed by atoms with Crippen LogP contribution < -0.4 is 5.32 Å². The van der Waals surface area contributed by atoms with Crippen molar-refractivity contribution in [1.29, 1.82) is 0 Å². The summed E-state index contributed by atoms with van der Waals surface area (Å²) in [7, 11) is 0. The van der Waals surface area contributed by atoms with Gasteiger partial charge in [0.15, 0.2) is 0 Å². The van der Waals surface area contributed by atoms with E-state index in [-0.39, 0.29) is 12.1 Å². The Bertz CT molecular complexity index is 624. The van der Waals surface area contributed by atoms with Gasteiger partial charge in [0.25, 0.3) is 0 Å². The number of piperidine rings is 2. The molecule has 1 aromatic rings. The zero-order chi connectivity index (χ0) is 19.9. The number of carbonyl (C=O) groups is 1. The molecule has 1 saturated carbocycles. The van der Waals surface area contributed by atoms with Gasteiger partial charge in [0.1, 0.15) is 0 Å². The molecule has 1 N–H and O–H groups in total. The number of urea groups is 1. The molecule has 5 heteroatoms. The fraction of sp³-hybridized carbons (Fsp3) is 0.708. The van der Waals surface area contributed by atoms with Crippen molar-refractivity contribution >= 4 is 6.03 Å². The van der Waals surface area contributed by atoms with Crippen LogP contribution in [0.2, 0.25) is 0 Å². The highest BCUT2D eigenvalue weighted by Gasteiger charge is 2.29. The lowest BCUT2D eigenvalue weighted by atomic mass is 9.92. The smallest absolute Gasteiger partial charge is 0.317 e. The van der Waals surface area contributed by atoms with Crippen LogP contribution in [-0.2, 0) is 11.3 Å². The minimum absolute atomic E-state index is 0.127. The monoisotopic (exact) mass is 399 g/mol. The second kappa shape index (κ2) is 10.4. The fourth-order valence-electron chi connectivity index (χ4n) is 5.18. The molecule has 3 fully saturated rings. The second-order valence-electron chi connectivity index (χ2n) is 9.06. The van der Waals surface area contributed by atoms with Crippen LogP contribution in [0.25, 0.3) is 0 Å². The number of carbonyl (C=O) groups excluding carboxylic acids is 1. The Labute approximate surface area is 175 Å². The van der Waals surface area contributed by atoms with E-state index < -0.39 is 0 Å². The van der Waals surface area contributed by atoms with Gasteiger partial charge in [0.2, 0.25) is 0 Å². The van der Waals surface area contributed by atoms with E-state index in [2.05, 4.69) is 22.3 Å². The predicted octanol–water partition coefficient (Wildman–Crippen LogP) is 4.17. The summed E-state index contributed by atoms with van der Waals surface area (Å²) in [4.78, 5) is 17.4. The maximum absolute atomic E-state index is 12.8. The summed E-state index contributed by atoms with van der Waals surface area (Å²) >= 11 is 0. The Balaban J connectivity index is 1.17. The zero-order valence-corrected chi connectivity index (χ0v) is 17.7. The zero-order valence-electron chi connectivity index (χ0n) is 17.7. The Kier molecular flexibility index (Phi) is 7.44. The van der Waals surface area contributed by atoms with Crippen molar-refractivity contribution in [2.75, 3.05) is 26.2 Å². The van der Waals surface area contributed by atoms with Gasteiger partial charge < -0.3 is 15.0 Å². The molecule has 29 heavy (non-hydrogen) atoms. The third-order valence-electron chi connectivity index (χ3n) is 6.93. The van der Waals surface area contributed by atoms with Gasteiger partial charge in [-0.1, -0.05) is 49.6 Å². The van der Waals surface area contributed by atoms with Crippen molar-refractivity contribution in [3.63, 3.8) is 0 Å². The summed E-state index contributed by atoms with van der Waals surface area (Å²) in [6, 6.07) is 11.5. The molecule has 0 aromatic heterocycles. The molecule has 5 nitrogen and oxygen atoms in total.